The third-order valence-corrected chi connectivity index (χ3v) is 6.04. The Bertz CT molecular complexity index is 1130. The Morgan fingerprint density at radius 1 is 1.12 bits per heavy atom. The minimum Gasteiger partial charge on any atom is -0.268 e. The van der Waals surface area contributed by atoms with Gasteiger partial charge in [0.2, 0.25) is 0 Å². The number of thiazole rings is 1. The molecule has 0 bridgehead atoms. The number of nitrogens with zero attached hydrogens (tertiary/aromatic N) is 3. The van der Waals surface area contributed by atoms with Gasteiger partial charge in [0.25, 0.3) is 0 Å². The van der Waals surface area contributed by atoms with Gasteiger partial charge in [-0.05, 0) is 37.1 Å². The molecule has 5 rings (SSSR count). The molecule has 1 aliphatic heterocycles. The Kier molecular flexibility index (Phi) is 3.58. The lowest BCUT2D eigenvalue weighted by Gasteiger charge is -2.05. The molecule has 0 saturated carbocycles. The fourth-order valence-corrected chi connectivity index (χ4v) is 4.63. The maximum Gasteiger partial charge on any atom is 0.154 e. The SMILES string of the molecule is Fc1ccc(-c2nn3c(c2-c2nc4ccccc4s2)CCC3)c(F)c1Cl. The van der Waals surface area contributed by atoms with E-state index < -0.39 is 16.7 Å². The first-order valence-electron chi connectivity index (χ1n) is 8.23. The second kappa shape index (κ2) is 5.86. The van der Waals surface area contributed by atoms with E-state index in [-0.39, 0.29) is 5.56 Å². The number of halogens is 3. The van der Waals surface area contributed by atoms with Gasteiger partial charge in [-0.2, -0.15) is 5.10 Å². The first-order chi connectivity index (χ1) is 12.6. The summed E-state index contributed by atoms with van der Waals surface area (Å²) in [6.45, 7) is 0.782. The molecule has 2 aromatic carbocycles. The molecule has 2 aromatic heterocycles. The van der Waals surface area contributed by atoms with Crippen molar-refractivity contribution in [2.45, 2.75) is 19.4 Å². The van der Waals surface area contributed by atoms with Gasteiger partial charge < -0.3 is 0 Å². The monoisotopic (exact) mass is 387 g/mol. The highest BCUT2D eigenvalue weighted by molar-refractivity contribution is 7.21. The molecule has 0 fully saturated rings. The fourth-order valence-electron chi connectivity index (χ4n) is 3.43. The van der Waals surface area contributed by atoms with Crippen molar-refractivity contribution in [1.29, 1.82) is 0 Å². The van der Waals surface area contributed by atoms with E-state index in [0.29, 0.717) is 5.69 Å². The molecule has 0 saturated heterocycles. The summed E-state index contributed by atoms with van der Waals surface area (Å²) in [7, 11) is 0. The van der Waals surface area contributed by atoms with Crippen LogP contribution in [0.1, 0.15) is 12.1 Å². The normalized spacial score (nSPS) is 13.5. The van der Waals surface area contributed by atoms with E-state index in [1.807, 2.05) is 28.9 Å². The van der Waals surface area contributed by atoms with Crippen molar-refractivity contribution < 1.29 is 8.78 Å². The van der Waals surface area contributed by atoms with Crippen molar-refractivity contribution in [3.8, 4) is 21.8 Å². The van der Waals surface area contributed by atoms with Crippen LogP contribution in [0.5, 0.6) is 0 Å². The molecule has 7 heteroatoms. The average molecular weight is 388 g/mol. The molecule has 130 valence electrons. The summed E-state index contributed by atoms with van der Waals surface area (Å²) in [4.78, 5) is 4.72. The molecular weight excluding hydrogens is 376 g/mol. The van der Waals surface area contributed by atoms with Gasteiger partial charge in [0.1, 0.15) is 21.5 Å². The van der Waals surface area contributed by atoms with Gasteiger partial charge in [0.15, 0.2) is 5.82 Å². The zero-order valence-electron chi connectivity index (χ0n) is 13.5. The van der Waals surface area contributed by atoms with Crippen molar-refractivity contribution in [2.75, 3.05) is 0 Å². The maximum atomic E-state index is 14.7. The van der Waals surface area contributed by atoms with Gasteiger partial charge in [-0.25, -0.2) is 13.8 Å². The highest BCUT2D eigenvalue weighted by Crippen LogP contribution is 2.42. The van der Waals surface area contributed by atoms with E-state index in [1.165, 1.54) is 12.1 Å². The van der Waals surface area contributed by atoms with Crippen LogP contribution in [0, 0.1) is 11.6 Å². The molecular formula is C19H12ClF2N3S. The zero-order chi connectivity index (χ0) is 17.8. The van der Waals surface area contributed by atoms with E-state index in [9.17, 15) is 8.78 Å². The second-order valence-corrected chi connectivity index (χ2v) is 7.62. The van der Waals surface area contributed by atoms with Crippen LogP contribution in [0.3, 0.4) is 0 Å². The second-order valence-electron chi connectivity index (χ2n) is 6.21. The summed E-state index contributed by atoms with van der Waals surface area (Å²) >= 11 is 7.34. The fraction of sp³-hybridized carbons (Fsp3) is 0.158. The predicted molar refractivity (Wildman–Crippen MR) is 99.5 cm³/mol. The summed E-state index contributed by atoms with van der Waals surface area (Å²) in [5.41, 5.74) is 3.43. The van der Waals surface area contributed by atoms with Crippen molar-refractivity contribution in [2.24, 2.45) is 0 Å². The number of aromatic nitrogens is 3. The van der Waals surface area contributed by atoms with Crippen LogP contribution in [-0.2, 0) is 13.0 Å². The van der Waals surface area contributed by atoms with Crippen LogP contribution in [0.25, 0.3) is 32.0 Å². The quantitative estimate of drug-likeness (QED) is 0.413. The Balaban J connectivity index is 1.79. The van der Waals surface area contributed by atoms with Gasteiger partial charge in [-0.3, -0.25) is 4.68 Å². The topological polar surface area (TPSA) is 30.7 Å². The van der Waals surface area contributed by atoms with Crippen molar-refractivity contribution in [3.63, 3.8) is 0 Å². The Morgan fingerprint density at radius 3 is 2.81 bits per heavy atom. The molecule has 3 heterocycles. The molecule has 4 aromatic rings. The lowest BCUT2D eigenvalue weighted by atomic mass is 10.0. The van der Waals surface area contributed by atoms with E-state index >= 15 is 0 Å². The van der Waals surface area contributed by atoms with Crippen LogP contribution >= 0.6 is 22.9 Å². The maximum absolute atomic E-state index is 14.7. The first-order valence-corrected chi connectivity index (χ1v) is 9.42. The number of hydrogen-bond donors (Lipinski definition) is 0. The predicted octanol–water partition coefficient (Wildman–Crippen LogP) is 5.70. The molecule has 0 aliphatic carbocycles. The van der Waals surface area contributed by atoms with Crippen molar-refractivity contribution in [1.82, 2.24) is 14.8 Å². The number of rotatable bonds is 2. The highest BCUT2D eigenvalue weighted by Gasteiger charge is 2.28. The van der Waals surface area contributed by atoms with Gasteiger partial charge >= 0.3 is 0 Å². The number of aryl methyl sites for hydroxylation is 1. The van der Waals surface area contributed by atoms with Gasteiger partial charge in [-0.15, -0.1) is 11.3 Å². The van der Waals surface area contributed by atoms with Crippen molar-refractivity contribution >= 4 is 33.2 Å². The molecule has 0 N–H and O–H groups in total. The molecule has 0 radical (unpaired) electrons. The molecule has 1 aliphatic rings. The third-order valence-electron chi connectivity index (χ3n) is 4.64. The average Bonchev–Trinajstić information content (AvgIpc) is 3.32. The van der Waals surface area contributed by atoms with Crippen LogP contribution < -0.4 is 0 Å². The van der Waals surface area contributed by atoms with Crippen LogP contribution in [0.2, 0.25) is 5.02 Å². The molecule has 0 amide bonds. The molecule has 0 spiro atoms. The smallest absolute Gasteiger partial charge is 0.154 e. The molecule has 0 atom stereocenters. The van der Waals surface area contributed by atoms with Gasteiger partial charge in [0, 0.05) is 17.8 Å². The van der Waals surface area contributed by atoms with Crippen LogP contribution in [0.4, 0.5) is 8.78 Å². The summed E-state index contributed by atoms with van der Waals surface area (Å²) in [6.07, 6.45) is 1.85. The lowest BCUT2D eigenvalue weighted by Crippen LogP contribution is -1.95. The summed E-state index contributed by atoms with van der Waals surface area (Å²) in [5.74, 6) is -1.56. The third kappa shape index (κ3) is 2.29. The first kappa shape index (κ1) is 15.9. The summed E-state index contributed by atoms with van der Waals surface area (Å²) in [6, 6.07) is 10.4. The summed E-state index contributed by atoms with van der Waals surface area (Å²) < 4.78 is 31.2. The van der Waals surface area contributed by atoms with E-state index in [1.54, 1.807) is 11.3 Å². The standard InChI is InChI=1S/C19H12ClF2N3S/c20-16-11(21)8-7-10(17(16)22)18-15(13-5-3-9-25(13)24-18)19-23-12-4-1-2-6-14(12)26-19/h1-2,4,6-8H,3,5,9H2. The minimum absolute atomic E-state index is 0.201. The Labute approximate surface area is 156 Å². The number of hydrogen-bond acceptors (Lipinski definition) is 3. The largest absolute Gasteiger partial charge is 0.268 e. The number of benzene rings is 2. The van der Waals surface area contributed by atoms with E-state index in [4.69, 9.17) is 16.6 Å². The number of fused-ring (bicyclic) bond motifs is 2. The molecule has 3 nitrogen and oxygen atoms in total. The zero-order valence-corrected chi connectivity index (χ0v) is 15.0. The van der Waals surface area contributed by atoms with Gasteiger partial charge in [0.05, 0.1) is 15.8 Å². The summed E-state index contributed by atoms with van der Waals surface area (Å²) in [5, 5.41) is 4.89. The highest BCUT2D eigenvalue weighted by atomic mass is 35.5. The van der Waals surface area contributed by atoms with Crippen LogP contribution in [0.15, 0.2) is 36.4 Å². The van der Waals surface area contributed by atoms with Crippen molar-refractivity contribution in [3.05, 3.63) is 58.7 Å². The Morgan fingerprint density at radius 2 is 1.96 bits per heavy atom. The van der Waals surface area contributed by atoms with E-state index in [2.05, 4.69) is 5.10 Å². The lowest BCUT2D eigenvalue weighted by molar-refractivity contribution is 0.585. The van der Waals surface area contributed by atoms with Crippen LogP contribution in [-0.4, -0.2) is 14.8 Å². The van der Waals surface area contributed by atoms with Gasteiger partial charge in [-0.1, -0.05) is 23.7 Å². The minimum atomic E-state index is -0.786. The number of para-hydroxylation sites is 1. The molecule has 26 heavy (non-hydrogen) atoms. The Hall–Kier alpha value is -2.31. The van der Waals surface area contributed by atoms with E-state index in [0.717, 1.165) is 45.9 Å². The molecule has 0 unspecified atom stereocenters.